The van der Waals surface area contributed by atoms with E-state index in [0.29, 0.717) is 31.9 Å². The second-order valence-electron chi connectivity index (χ2n) is 5.02. The summed E-state index contributed by atoms with van der Waals surface area (Å²) in [6, 6.07) is 6.16. The highest BCUT2D eigenvalue weighted by atomic mass is 32.2. The molecule has 0 aromatic heterocycles. The van der Waals surface area contributed by atoms with E-state index in [4.69, 9.17) is 0 Å². The topological polar surface area (TPSA) is 52.7 Å². The van der Waals surface area contributed by atoms with Gasteiger partial charge in [-0.05, 0) is 17.7 Å². The maximum Gasteiger partial charge on any atom is 0.317 e. The highest BCUT2D eigenvalue weighted by molar-refractivity contribution is 8.00. The number of halogens is 1. The Morgan fingerprint density at radius 3 is 2.67 bits per heavy atom. The molecule has 2 saturated heterocycles. The fraction of sp³-hybridized carbons (Fsp3) is 0.429. The summed E-state index contributed by atoms with van der Waals surface area (Å²) in [5, 5.41) is 2.65. The smallest absolute Gasteiger partial charge is 0.317 e. The molecule has 2 fully saturated rings. The number of carbonyl (C=O) groups is 2. The molecule has 2 aliphatic heterocycles. The highest BCUT2D eigenvalue weighted by Crippen LogP contribution is 2.38. The zero-order valence-corrected chi connectivity index (χ0v) is 12.2. The SMILES string of the molecule is O=C1NCCN1CCN1C(=O)CSC1c1ccc(F)cc1. The minimum atomic E-state index is -0.284. The van der Waals surface area contributed by atoms with Gasteiger partial charge in [-0.15, -0.1) is 11.8 Å². The summed E-state index contributed by atoms with van der Waals surface area (Å²) in [5.41, 5.74) is 0.915. The van der Waals surface area contributed by atoms with Gasteiger partial charge in [0.25, 0.3) is 0 Å². The Hall–Kier alpha value is -1.76. The van der Waals surface area contributed by atoms with E-state index >= 15 is 0 Å². The van der Waals surface area contributed by atoms with Gasteiger partial charge >= 0.3 is 6.03 Å². The lowest BCUT2D eigenvalue weighted by Crippen LogP contribution is -2.38. The van der Waals surface area contributed by atoms with Gasteiger partial charge in [-0.3, -0.25) is 4.79 Å². The van der Waals surface area contributed by atoms with Crippen molar-refractivity contribution in [1.29, 1.82) is 0 Å². The maximum absolute atomic E-state index is 13.0. The first-order valence-corrected chi connectivity index (χ1v) is 7.89. The molecule has 1 aromatic rings. The van der Waals surface area contributed by atoms with Gasteiger partial charge in [-0.2, -0.15) is 0 Å². The van der Waals surface area contributed by atoms with Gasteiger partial charge in [0.1, 0.15) is 11.2 Å². The third-order valence-electron chi connectivity index (χ3n) is 3.68. The summed E-state index contributed by atoms with van der Waals surface area (Å²) in [5.74, 6) is 0.205. The summed E-state index contributed by atoms with van der Waals surface area (Å²) >= 11 is 1.54. The molecule has 3 rings (SSSR count). The molecule has 2 aliphatic rings. The predicted octanol–water partition coefficient (Wildman–Crippen LogP) is 1.42. The Morgan fingerprint density at radius 1 is 1.24 bits per heavy atom. The summed E-state index contributed by atoms with van der Waals surface area (Å²) in [6.07, 6.45) is 0. The van der Waals surface area contributed by atoms with Crippen molar-refractivity contribution in [2.45, 2.75) is 5.37 Å². The molecule has 0 bridgehead atoms. The van der Waals surface area contributed by atoms with Crippen LogP contribution in [0.2, 0.25) is 0 Å². The van der Waals surface area contributed by atoms with E-state index in [0.717, 1.165) is 5.56 Å². The van der Waals surface area contributed by atoms with Crippen molar-refractivity contribution in [3.05, 3.63) is 35.6 Å². The Kier molecular flexibility index (Phi) is 4.01. The van der Waals surface area contributed by atoms with E-state index in [2.05, 4.69) is 5.32 Å². The van der Waals surface area contributed by atoms with Crippen molar-refractivity contribution in [1.82, 2.24) is 15.1 Å². The monoisotopic (exact) mass is 309 g/mol. The first-order valence-electron chi connectivity index (χ1n) is 6.84. The second kappa shape index (κ2) is 5.93. The van der Waals surface area contributed by atoms with Gasteiger partial charge in [-0.1, -0.05) is 12.1 Å². The molecular weight excluding hydrogens is 293 g/mol. The molecule has 0 aliphatic carbocycles. The number of carbonyl (C=O) groups excluding carboxylic acids is 2. The molecule has 1 N–H and O–H groups in total. The van der Waals surface area contributed by atoms with Gasteiger partial charge in [0, 0.05) is 26.2 Å². The third kappa shape index (κ3) is 2.97. The number of nitrogens with one attached hydrogen (secondary N) is 1. The van der Waals surface area contributed by atoms with Crippen LogP contribution in [0.1, 0.15) is 10.9 Å². The second-order valence-corrected chi connectivity index (χ2v) is 6.09. The summed E-state index contributed by atoms with van der Waals surface area (Å²) in [6.45, 7) is 2.36. The molecule has 2 heterocycles. The van der Waals surface area contributed by atoms with E-state index < -0.39 is 0 Å². The lowest BCUT2D eigenvalue weighted by Gasteiger charge is -2.26. The van der Waals surface area contributed by atoms with Crippen LogP contribution in [0.5, 0.6) is 0 Å². The molecule has 112 valence electrons. The zero-order valence-electron chi connectivity index (χ0n) is 11.4. The molecule has 0 saturated carbocycles. The molecule has 21 heavy (non-hydrogen) atoms. The van der Waals surface area contributed by atoms with E-state index in [1.807, 2.05) is 0 Å². The molecule has 1 aromatic carbocycles. The number of thioether (sulfide) groups is 1. The standard InChI is InChI=1S/C14H16FN3O2S/c15-11-3-1-10(2-4-11)13-18(12(19)9-21-13)8-7-17-6-5-16-14(17)20/h1-4,13H,5-9H2,(H,16,20). The number of benzene rings is 1. The number of urea groups is 1. The molecule has 0 spiro atoms. The van der Waals surface area contributed by atoms with Gasteiger partial charge < -0.3 is 15.1 Å². The first kappa shape index (κ1) is 14.2. The highest BCUT2D eigenvalue weighted by Gasteiger charge is 2.33. The molecule has 1 atom stereocenters. The van der Waals surface area contributed by atoms with Crippen molar-refractivity contribution in [2.24, 2.45) is 0 Å². The van der Waals surface area contributed by atoms with Crippen molar-refractivity contribution < 1.29 is 14.0 Å². The average molecular weight is 309 g/mol. The third-order valence-corrected chi connectivity index (χ3v) is 4.94. The summed E-state index contributed by atoms with van der Waals surface area (Å²) < 4.78 is 13.0. The maximum atomic E-state index is 13.0. The van der Waals surface area contributed by atoms with Crippen LogP contribution in [0.4, 0.5) is 9.18 Å². The number of hydrogen-bond donors (Lipinski definition) is 1. The zero-order chi connectivity index (χ0) is 14.8. The first-order chi connectivity index (χ1) is 10.1. The average Bonchev–Trinajstić information content (AvgIpc) is 3.04. The van der Waals surface area contributed by atoms with E-state index in [1.54, 1.807) is 21.9 Å². The fourth-order valence-electron chi connectivity index (χ4n) is 2.55. The van der Waals surface area contributed by atoms with Crippen LogP contribution < -0.4 is 5.32 Å². The lowest BCUT2D eigenvalue weighted by molar-refractivity contribution is -0.128. The quantitative estimate of drug-likeness (QED) is 0.915. The molecule has 7 heteroatoms. The van der Waals surface area contributed by atoms with Crippen LogP contribution in [0.15, 0.2) is 24.3 Å². The molecule has 5 nitrogen and oxygen atoms in total. The number of rotatable bonds is 4. The van der Waals surface area contributed by atoms with E-state index in [9.17, 15) is 14.0 Å². The van der Waals surface area contributed by atoms with Crippen molar-refractivity contribution in [3.8, 4) is 0 Å². The van der Waals surface area contributed by atoms with Gasteiger partial charge in [0.15, 0.2) is 0 Å². The minimum Gasteiger partial charge on any atom is -0.336 e. The Balaban J connectivity index is 1.67. The number of nitrogens with zero attached hydrogens (tertiary/aromatic N) is 2. The van der Waals surface area contributed by atoms with Gasteiger partial charge in [0.05, 0.1) is 5.75 Å². The number of amides is 3. The lowest BCUT2D eigenvalue weighted by atomic mass is 10.2. The number of hydrogen-bond acceptors (Lipinski definition) is 3. The summed E-state index contributed by atoms with van der Waals surface area (Å²) in [4.78, 5) is 27.0. The molecular formula is C14H16FN3O2S. The van der Waals surface area contributed by atoms with Crippen LogP contribution >= 0.6 is 11.8 Å². The van der Waals surface area contributed by atoms with E-state index in [1.165, 1.54) is 23.9 Å². The fourth-order valence-corrected chi connectivity index (χ4v) is 3.77. The van der Waals surface area contributed by atoms with Gasteiger partial charge in [0.2, 0.25) is 5.91 Å². The molecule has 0 radical (unpaired) electrons. The van der Waals surface area contributed by atoms with Crippen LogP contribution in [-0.2, 0) is 4.79 Å². The predicted molar refractivity (Wildman–Crippen MR) is 78.3 cm³/mol. The molecule has 1 unspecified atom stereocenters. The molecule has 3 amide bonds. The summed E-state index contributed by atoms with van der Waals surface area (Å²) in [7, 11) is 0. The Labute approximate surface area is 126 Å². The van der Waals surface area contributed by atoms with Crippen LogP contribution in [0.25, 0.3) is 0 Å². The van der Waals surface area contributed by atoms with Crippen molar-refractivity contribution >= 4 is 23.7 Å². The van der Waals surface area contributed by atoms with Crippen LogP contribution in [-0.4, -0.2) is 53.7 Å². The van der Waals surface area contributed by atoms with Crippen molar-refractivity contribution in [3.63, 3.8) is 0 Å². The van der Waals surface area contributed by atoms with Crippen LogP contribution in [0, 0.1) is 5.82 Å². The van der Waals surface area contributed by atoms with Crippen molar-refractivity contribution in [2.75, 3.05) is 31.9 Å². The Morgan fingerprint density at radius 2 is 2.00 bits per heavy atom. The largest absolute Gasteiger partial charge is 0.336 e. The van der Waals surface area contributed by atoms with Crippen LogP contribution in [0.3, 0.4) is 0 Å². The van der Waals surface area contributed by atoms with Gasteiger partial charge in [-0.25, -0.2) is 9.18 Å². The Bertz CT molecular complexity index is 552. The minimum absolute atomic E-state index is 0.0638. The normalized spacial score (nSPS) is 22.0. The van der Waals surface area contributed by atoms with E-state index in [-0.39, 0.29) is 23.1 Å².